The molecule has 1 N–H and O–H groups in total. The lowest BCUT2D eigenvalue weighted by molar-refractivity contribution is 0.0487. The van der Waals surface area contributed by atoms with Gasteiger partial charge in [0.05, 0.1) is 23.1 Å². The minimum absolute atomic E-state index is 0.155. The number of hydrogen-bond acceptors (Lipinski definition) is 3. The second-order valence-electron chi connectivity index (χ2n) is 7.47. The number of para-hydroxylation sites is 1. The largest absolute Gasteiger partial charge is 0.381 e. The SMILES string of the molecule is Cc1c(C(=O)NCC2(c3ccc(F)cc3)CCOCC2)cnn1-c1ccccc1. The molecule has 1 amide bonds. The van der Waals surface area contributed by atoms with Crippen molar-refractivity contribution >= 4 is 5.91 Å². The molecular formula is C23H24FN3O2. The van der Waals surface area contributed by atoms with Crippen molar-refractivity contribution in [3.05, 3.63) is 83.4 Å². The predicted molar refractivity (Wildman–Crippen MR) is 109 cm³/mol. The molecule has 1 aliphatic heterocycles. The van der Waals surface area contributed by atoms with Gasteiger partial charge in [-0.2, -0.15) is 5.10 Å². The van der Waals surface area contributed by atoms with Crippen LogP contribution in [0.15, 0.2) is 60.8 Å². The van der Waals surface area contributed by atoms with Crippen molar-refractivity contribution in [2.75, 3.05) is 19.8 Å². The van der Waals surface area contributed by atoms with Crippen LogP contribution in [0.4, 0.5) is 4.39 Å². The molecule has 0 saturated carbocycles. The Labute approximate surface area is 169 Å². The van der Waals surface area contributed by atoms with E-state index in [1.165, 1.54) is 12.1 Å². The smallest absolute Gasteiger partial charge is 0.254 e. The third-order valence-electron chi connectivity index (χ3n) is 5.75. The Morgan fingerprint density at radius 2 is 1.83 bits per heavy atom. The number of amides is 1. The number of nitrogens with one attached hydrogen (secondary N) is 1. The highest BCUT2D eigenvalue weighted by Crippen LogP contribution is 2.34. The molecule has 0 spiro atoms. The quantitative estimate of drug-likeness (QED) is 0.717. The van der Waals surface area contributed by atoms with E-state index in [-0.39, 0.29) is 17.1 Å². The number of ether oxygens (including phenoxy) is 1. The average Bonchev–Trinajstić information content (AvgIpc) is 3.15. The van der Waals surface area contributed by atoms with Gasteiger partial charge in [-0.3, -0.25) is 4.79 Å². The molecule has 6 heteroatoms. The first kappa shape index (κ1) is 19.3. The van der Waals surface area contributed by atoms with Crippen molar-refractivity contribution in [3.63, 3.8) is 0 Å². The average molecular weight is 393 g/mol. The first-order chi connectivity index (χ1) is 14.1. The molecule has 0 bridgehead atoms. The van der Waals surface area contributed by atoms with Crippen LogP contribution in [-0.4, -0.2) is 35.4 Å². The van der Waals surface area contributed by atoms with Gasteiger partial charge in [0.25, 0.3) is 5.91 Å². The fourth-order valence-corrected chi connectivity index (χ4v) is 3.94. The molecule has 150 valence electrons. The Bertz CT molecular complexity index is 977. The predicted octanol–water partition coefficient (Wildman–Crippen LogP) is 3.80. The summed E-state index contributed by atoms with van der Waals surface area (Å²) in [6.07, 6.45) is 3.16. The van der Waals surface area contributed by atoms with Gasteiger partial charge in [-0.05, 0) is 49.6 Å². The summed E-state index contributed by atoms with van der Waals surface area (Å²) in [5.74, 6) is -0.415. The van der Waals surface area contributed by atoms with Gasteiger partial charge in [0, 0.05) is 25.2 Å². The number of nitrogens with zero attached hydrogens (tertiary/aromatic N) is 2. The maximum atomic E-state index is 13.4. The summed E-state index contributed by atoms with van der Waals surface area (Å²) in [6, 6.07) is 16.3. The lowest BCUT2D eigenvalue weighted by Gasteiger charge is -2.38. The van der Waals surface area contributed by atoms with Gasteiger partial charge < -0.3 is 10.1 Å². The monoisotopic (exact) mass is 393 g/mol. The second kappa shape index (κ2) is 8.17. The molecule has 0 aliphatic carbocycles. The zero-order valence-electron chi connectivity index (χ0n) is 16.4. The molecule has 5 nitrogen and oxygen atoms in total. The molecule has 4 rings (SSSR count). The van der Waals surface area contributed by atoms with Gasteiger partial charge in [-0.25, -0.2) is 9.07 Å². The summed E-state index contributed by atoms with van der Waals surface area (Å²) in [4.78, 5) is 12.9. The second-order valence-corrected chi connectivity index (χ2v) is 7.47. The van der Waals surface area contributed by atoms with Crippen molar-refractivity contribution in [3.8, 4) is 5.69 Å². The maximum absolute atomic E-state index is 13.4. The van der Waals surface area contributed by atoms with E-state index in [0.29, 0.717) is 25.3 Å². The van der Waals surface area contributed by atoms with E-state index in [0.717, 1.165) is 29.8 Å². The van der Waals surface area contributed by atoms with E-state index in [9.17, 15) is 9.18 Å². The fraction of sp³-hybridized carbons (Fsp3) is 0.304. The maximum Gasteiger partial charge on any atom is 0.254 e. The zero-order chi connectivity index (χ0) is 20.3. The van der Waals surface area contributed by atoms with Crippen molar-refractivity contribution in [1.29, 1.82) is 0 Å². The van der Waals surface area contributed by atoms with Crippen molar-refractivity contribution in [2.24, 2.45) is 0 Å². The van der Waals surface area contributed by atoms with Crippen LogP contribution >= 0.6 is 0 Å². The molecule has 1 fully saturated rings. The summed E-state index contributed by atoms with van der Waals surface area (Å²) < 4.78 is 20.7. The zero-order valence-corrected chi connectivity index (χ0v) is 16.4. The summed E-state index contributed by atoms with van der Waals surface area (Å²) in [7, 11) is 0. The van der Waals surface area contributed by atoms with Crippen LogP contribution < -0.4 is 5.32 Å². The fourth-order valence-electron chi connectivity index (χ4n) is 3.94. The van der Waals surface area contributed by atoms with Crippen LogP contribution in [-0.2, 0) is 10.2 Å². The topological polar surface area (TPSA) is 56.1 Å². The summed E-state index contributed by atoms with van der Waals surface area (Å²) in [5, 5.41) is 7.47. The van der Waals surface area contributed by atoms with Gasteiger partial charge in [0.15, 0.2) is 0 Å². The molecule has 2 aromatic carbocycles. The first-order valence-corrected chi connectivity index (χ1v) is 9.81. The molecule has 29 heavy (non-hydrogen) atoms. The third-order valence-corrected chi connectivity index (χ3v) is 5.75. The summed E-state index contributed by atoms with van der Waals surface area (Å²) in [6.45, 7) is 3.60. The Balaban J connectivity index is 1.53. The Hall–Kier alpha value is -2.99. The number of aromatic nitrogens is 2. The highest BCUT2D eigenvalue weighted by molar-refractivity contribution is 5.95. The van der Waals surface area contributed by atoms with Crippen molar-refractivity contribution in [2.45, 2.75) is 25.2 Å². The van der Waals surface area contributed by atoms with Crippen LogP contribution in [0.5, 0.6) is 0 Å². The summed E-state index contributed by atoms with van der Waals surface area (Å²) >= 11 is 0. The molecule has 0 atom stereocenters. The first-order valence-electron chi connectivity index (χ1n) is 9.81. The lowest BCUT2D eigenvalue weighted by Crippen LogP contribution is -2.44. The van der Waals surface area contributed by atoms with Crippen LogP contribution in [0.1, 0.15) is 34.5 Å². The lowest BCUT2D eigenvalue weighted by atomic mass is 9.74. The highest BCUT2D eigenvalue weighted by atomic mass is 19.1. The minimum atomic E-state index is -0.260. The number of carbonyl (C=O) groups is 1. The van der Waals surface area contributed by atoms with E-state index < -0.39 is 0 Å². The Kier molecular flexibility index (Phi) is 5.45. The van der Waals surface area contributed by atoms with Gasteiger partial charge in [-0.1, -0.05) is 30.3 Å². The molecular weight excluding hydrogens is 369 g/mol. The van der Waals surface area contributed by atoms with Gasteiger partial charge in [0.2, 0.25) is 0 Å². The number of halogens is 1. The molecule has 1 aliphatic rings. The number of benzene rings is 2. The number of rotatable bonds is 5. The molecule has 3 aromatic rings. The molecule has 1 aromatic heterocycles. The van der Waals surface area contributed by atoms with E-state index in [4.69, 9.17) is 4.74 Å². The van der Waals surface area contributed by atoms with E-state index in [1.807, 2.05) is 49.4 Å². The Morgan fingerprint density at radius 3 is 2.52 bits per heavy atom. The van der Waals surface area contributed by atoms with E-state index >= 15 is 0 Å². The van der Waals surface area contributed by atoms with Crippen LogP contribution in [0.3, 0.4) is 0 Å². The third kappa shape index (κ3) is 3.93. The highest BCUT2D eigenvalue weighted by Gasteiger charge is 2.35. The van der Waals surface area contributed by atoms with Crippen LogP contribution in [0.2, 0.25) is 0 Å². The molecule has 2 heterocycles. The Morgan fingerprint density at radius 1 is 1.14 bits per heavy atom. The molecule has 0 unspecified atom stereocenters. The van der Waals surface area contributed by atoms with Crippen molar-refractivity contribution < 1.29 is 13.9 Å². The minimum Gasteiger partial charge on any atom is -0.381 e. The van der Waals surface area contributed by atoms with Gasteiger partial charge in [-0.15, -0.1) is 0 Å². The van der Waals surface area contributed by atoms with Gasteiger partial charge in [0.1, 0.15) is 5.82 Å². The van der Waals surface area contributed by atoms with E-state index in [1.54, 1.807) is 10.9 Å². The standard InChI is InChI=1S/C23H24FN3O2/c1-17-21(15-26-27(17)20-5-3-2-4-6-20)22(28)25-16-23(11-13-29-14-12-23)18-7-9-19(24)10-8-18/h2-10,15H,11-14,16H2,1H3,(H,25,28). The van der Waals surface area contributed by atoms with Crippen molar-refractivity contribution in [1.82, 2.24) is 15.1 Å². The normalized spacial score (nSPS) is 15.8. The van der Waals surface area contributed by atoms with Gasteiger partial charge >= 0.3 is 0 Å². The van der Waals surface area contributed by atoms with E-state index in [2.05, 4.69) is 10.4 Å². The van der Waals surface area contributed by atoms with Crippen LogP contribution in [0, 0.1) is 12.7 Å². The molecule has 0 radical (unpaired) electrons. The number of hydrogen-bond donors (Lipinski definition) is 1. The number of carbonyl (C=O) groups excluding carboxylic acids is 1. The van der Waals surface area contributed by atoms with Crippen LogP contribution in [0.25, 0.3) is 5.69 Å². The summed E-state index contributed by atoms with van der Waals surface area (Å²) in [5.41, 5.74) is 3.02. The molecule has 1 saturated heterocycles.